The van der Waals surface area contributed by atoms with Gasteiger partial charge in [0.2, 0.25) is 0 Å². The molecular formula is C18H22Cl3N5O. The van der Waals surface area contributed by atoms with E-state index in [1.165, 1.54) is 4.68 Å². The molecular weight excluding hydrogens is 409 g/mol. The third-order valence-corrected chi connectivity index (χ3v) is 5.71. The second-order valence-electron chi connectivity index (χ2n) is 6.75. The normalized spacial score (nSPS) is 17.1. The van der Waals surface area contributed by atoms with E-state index < -0.39 is 5.56 Å². The topological polar surface area (TPSA) is 53.4 Å². The lowest BCUT2D eigenvalue weighted by Crippen LogP contribution is -2.49. The Kier molecular flexibility index (Phi) is 6.65. The van der Waals surface area contributed by atoms with Crippen LogP contribution in [0.2, 0.25) is 15.1 Å². The van der Waals surface area contributed by atoms with Gasteiger partial charge in [-0.25, -0.2) is 0 Å². The van der Waals surface area contributed by atoms with Crippen molar-refractivity contribution in [2.45, 2.75) is 13.0 Å². The molecule has 1 aromatic carbocycles. The summed E-state index contributed by atoms with van der Waals surface area (Å²) >= 11 is 18.4. The van der Waals surface area contributed by atoms with Gasteiger partial charge in [0.15, 0.2) is 0 Å². The van der Waals surface area contributed by atoms with Gasteiger partial charge in [0.25, 0.3) is 5.56 Å². The third kappa shape index (κ3) is 4.76. The van der Waals surface area contributed by atoms with Gasteiger partial charge in [-0.1, -0.05) is 34.8 Å². The fourth-order valence-corrected chi connectivity index (χ4v) is 3.71. The van der Waals surface area contributed by atoms with E-state index in [1.807, 2.05) is 0 Å². The Hall–Kier alpha value is -1.31. The van der Waals surface area contributed by atoms with Gasteiger partial charge >= 0.3 is 0 Å². The summed E-state index contributed by atoms with van der Waals surface area (Å²) in [5, 5.41) is 8.36. The molecule has 2 aromatic rings. The molecule has 0 radical (unpaired) electrons. The molecule has 0 bridgehead atoms. The van der Waals surface area contributed by atoms with Crippen LogP contribution in [0.5, 0.6) is 0 Å². The van der Waals surface area contributed by atoms with Crippen molar-refractivity contribution in [3.63, 3.8) is 0 Å². The summed E-state index contributed by atoms with van der Waals surface area (Å²) in [6, 6.07) is 5.17. The number of likely N-dealkylation sites (N-methyl/N-ethyl adjacent to an activating group) is 1. The average Bonchev–Trinajstić information content (AvgIpc) is 2.64. The lowest BCUT2D eigenvalue weighted by atomic mass is 10.2. The maximum Gasteiger partial charge on any atom is 0.292 e. The van der Waals surface area contributed by atoms with E-state index in [0.29, 0.717) is 34.0 Å². The van der Waals surface area contributed by atoms with Crippen molar-refractivity contribution in [2.75, 3.05) is 45.1 Å². The number of anilines is 1. The highest BCUT2D eigenvalue weighted by Gasteiger charge is 2.20. The lowest BCUT2D eigenvalue weighted by molar-refractivity contribution is 0.123. The van der Waals surface area contributed by atoms with Crippen molar-refractivity contribution < 1.29 is 0 Å². The first-order chi connectivity index (χ1) is 12.9. The summed E-state index contributed by atoms with van der Waals surface area (Å²) in [7, 11) is 2.13. The minimum atomic E-state index is -0.432. The van der Waals surface area contributed by atoms with Crippen LogP contribution >= 0.6 is 34.8 Å². The Balaban J connectivity index is 1.72. The Morgan fingerprint density at radius 2 is 1.89 bits per heavy atom. The van der Waals surface area contributed by atoms with Crippen molar-refractivity contribution in [2.24, 2.45) is 0 Å². The van der Waals surface area contributed by atoms with Crippen LogP contribution in [0.25, 0.3) is 5.69 Å². The summed E-state index contributed by atoms with van der Waals surface area (Å²) < 4.78 is 1.18. The summed E-state index contributed by atoms with van der Waals surface area (Å²) in [5.74, 6) is 0. The highest BCUT2D eigenvalue weighted by molar-refractivity contribution is 6.36. The molecule has 27 heavy (non-hydrogen) atoms. The molecule has 3 rings (SSSR count). The molecule has 1 fully saturated rings. The summed E-state index contributed by atoms with van der Waals surface area (Å²) in [6.07, 6.45) is 1.55. The maximum absolute atomic E-state index is 12.6. The molecule has 1 aromatic heterocycles. The molecule has 0 saturated carbocycles. The van der Waals surface area contributed by atoms with E-state index in [-0.39, 0.29) is 5.02 Å². The van der Waals surface area contributed by atoms with E-state index in [2.05, 4.69) is 34.2 Å². The Morgan fingerprint density at radius 1 is 1.19 bits per heavy atom. The molecule has 1 atom stereocenters. The molecule has 0 amide bonds. The SMILES string of the molecule is CC(CNc1cnn(-c2ccc(Cl)cc2Cl)c(=O)c1Cl)N1CCN(C)CC1. The van der Waals surface area contributed by atoms with Crippen LogP contribution in [0, 0.1) is 0 Å². The number of piperazine rings is 1. The molecule has 1 aliphatic heterocycles. The van der Waals surface area contributed by atoms with Crippen molar-refractivity contribution in [3.8, 4) is 5.69 Å². The van der Waals surface area contributed by atoms with Crippen molar-refractivity contribution in [1.29, 1.82) is 0 Å². The van der Waals surface area contributed by atoms with Gasteiger partial charge in [-0.3, -0.25) is 9.69 Å². The van der Waals surface area contributed by atoms with Crippen molar-refractivity contribution in [3.05, 3.63) is 49.8 Å². The zero-order chi connectivity index (χ0) is 19.6. The van der Waals surface area contributed by atoms with Crippen LogP contribution < -0.4 is 10.9 Å². The number of rotatable bonds is 5. The van der Waals surface area contributed by atoms with Crippen LogP contribution in [0.1, 0.15) is 6.92 Å². The van der Waals surface area contributed by atoms with Crippen LogP contribution in [-0.2, 0) is 0 Å². The first kappa shape index (κ1) is 20.4. The van der Waals surface area contributed by atoms with Gasteiger partial charge in [-0.15, -0.1) is 0 Å². The van der Waals surface area contributed by atoms with E-state index >= 15 is 0 Å². The smallest absolute Gasteiger partial charge is 0.292 e. The molecule has 1 N–H and O–H groups in total. The number of benzene rings is 1. The summed E-state index contributed by atoms with van der Waals surface area (Å²) in [5.41, 5.74) is 0.521. The summed E-state index contributed by atoms with van der Waals surface area (Å²) in [4.78, 5) is 17.4. The minimum Gasteiger partial charge on any atom is -0.381 e. The second-order valence-corrected chi connectivity index (χ2v) is 7.98. The van der Waals surface area contributed by atoms with Crippen molar-refractivity contribution >= 4 is 40.5 Å². The highest BCUT2D eigenvalue weighted by atomic mass is 35.5. The number of hydrogen-bond donors (Lipinski definition) is 1. The first-order valence-electron chi connectivity index (χ1n) is 8.76. The predicted molar refractivity (Wildman–Crippen MR) is 112 cm³/mol. The number of aromatic nitrogens is 2. The molecule has 1 saturated heterocycles. The standard InChI is InChI=1S/C18H22Cl3N5O/c1-12(25-7-5-24(2)6-8-25)10-22-15-11-23-26(18(27)17(15)21)16-4-3-13(19)9-14(16)20/h3-4,9,11-12,22H,5-8,10H2,1-2H3. The molecule has 9 heteroatoms. The van der Waals surface area contributed by atoms with E-state index in [9.17, 15) is 4.79 Å². The quantitative estimate of drug-likeness (QED) is 0.789. The van der Waals surface area contributed by atoms with E-state index in [4.69, 9.17) is 34.8 Å². The zero-order valence-corrected chi connectivity index (χ0v) is 17.5. The second kappa shape index (κ2) is 8.80. The first-order valence-corrected chi connectivity index (χ1v) is 9.90. The Labute approximate surface area is 173 Å². The number of nitrogens with zero attached hydrogens (tertiary/aromatic N) is 4. The minimum absolute atomic E-state index is 0.0848. The maximum atomic E-state index is 12.6. The number of nitrogens with one attached hydrogen (secondary N) is 1. The molecule has 0 spiro atoms. The van der Waals surface area contributed by atoms with E-state index in [0.717, 1.165) is 26.2 Å². The van der Waals surface area contributed by atoms with Gasteiger partial charge < -0.3 is 10.2 Å². The summed E-state index contributed by atoms with van der Waals surface area (Å²) in [6.45, 7) is 7.02. The molecule has 0 aliphatic carbocycles. The van der Waals surface area contributed by atoms with Crippen molar-refractivity contribution in [1.82, 2.24) is 19.6 Å². The highest BCUT2D eigenvalue weighted by Crippen LogP contribution is 2.24. The Morgan fingerprint density at radius 3 is 2.56 bits per heavy atom. The monoisotopic (exact) mass is 429 g/mol. The number of halogens is 3. The van der Waals surface area contributed by atoms with Gasteiger partial charge in [0.1, 0.15) is 5.02 Å². The molecule has 1 unspecified atom stereocenters. The van der Waals surface area contributed by atoms with Crippen LogP contribution in [0.15, 0.2) is 29.2 Å². The third-order valence-electron chi connectivity index (χ3n) is 4.81. The fraction of sp³-hybridized carbons (Fsp3) is 0.444. The zero-order valence-electron chi connectivity index (χ0n) is 15.3. The fourth-order valence-electron chi connectivity index (χ4n) is 3.03. The predicted octanol–water partition coefficient (Wildman–Crippen LogP) is 3.24. The van der Waals surface area contributed by atoms with Gasteiger partial charge in [0.05, 0.1) is 22.6 Å². The Bertz CT molecular complexity index is 865. The van der Waals surface area contributed by atoms with Crippen LogP contribution in [0.4, 0.5) is 5.69 Å². The molecule has 6 nitrogen and oxygen atoms in total. The van der Waals surface area contributed by atoms with E-state index in [1.54, 1.807) is 24.4 Å². The molecule has 2 heterocycles. The average molecular weight is 431 g/mol. The van der Waals surface area contributed by atoms with Crippen LogP contribution in [-0.4, -0.2) is 65.4 Å². The lowest BCUT2D eigenvalue weighted by Gasteiger charge is -2.36. The van der Waals surface area contributed by atoms with Gasteiger partial charge in [0, 0.05) is 43.8 Å². The largest absolute Gasteiger partial charge is 0.381 e. The van der Waals surface area contributed by atoms with Gasteiger partial charge in [-0.2, -0.15) is 9.78 Å². The van der Waals surface area contributed by atoms with Gasteiger partial charge in [-0.05, 0) is 32.2 Å². The number of hydrogen-bond acceptors (Lipinski definition) is 5. The van der Waals surface area contributed by atoms with Crippen LogP contribution in [0.3, 0.4) is 0 Å². The molecule has 1 aliphatic rings. The molecule has 146 valence electrons.